The van der Waals surface area contributed by atoms with Crippen LogP contribution in [0.4, 0.5) is 13.2 Å². The monoisotopic (exact) mass is 476 g/mol. The summed E-state index contributed by atoms with van der Waals surface area (Å²) in [5.41, 5.74) is -2.34. The third kappa shape index (κ3) is 4.23. The maximum atomic E-state index is 14.6. The average Bonchev–Trinajstić information content (AvgIpc) is 3.20. The molecule has 3 heterocycles. The first-order valence-electron chi connectivity index (χ1n) is 10.9. The number of hydrogen-bond donors (Lipinski definition) is 1. The lowest BCUT2D eigenvalue weighted by molar-refractivity contribution is -0.287. The van der Waals surface area contributed by atoms with Crippen LogP contribution in [-0.4, -0.2) is 60.7 Å². The van der Waals surface area contributed by atoms with E-state index in [2.05, 4.69) is 15.2 Å². The molecule has 3 aromatic rings. The Bertz CT molecular complexity index is 1170. The average molecular weight is 476 g/mol. The number of halogens is 3. The first-order chi connectivity index (χ1) is 16.2. The summed E-state index contributed by atoms with van der Waals surface area (Å²) in [5, 5.41) is 2.06. The fourth-order valence-corrected chi connectivity index (χ4v) is 4.54. The summed E-state index contributed by atoms with van der Waals surface area (Å²) in [6.45, 7) is 1.88. The second kappa shape index (κ2) is 9.27. The minimum absolute atomic E-state index is 0.0599. The van der Waals surface area contributed by atoms with Gasteiger partial charge in [0.2, 0.25) is 5.88 Å². The first-order valence-corrected chi connectivity index (χ1v) is 10.9. The van der Waals surface area contributed by atoms with Crippen molar-refractivity contribution in [3.05, 3.63) is 65.5 Å². The number of fused-ring (bicyclic) bond motifs is 1. The normalized spacial score (nSPS) is 19.1. The van der Waals surface area contributed by atoms with Crippen molar-refractivity contribution >= 4 is 11.6 Å². The highest BCUT2D eigenvalue weighted by atomic mass is 19.4. The van der Waals surface area contributed by atoms with Gasteiger partial charge in [0.25, 0.3) is 11.6 Å². The Labute approximate surface area is 195 Å². The van der Waals surface area contributed by atoms with Crippen molar-refractivity contribution in [2.45, 2.75) is 30.7 Å². The van der Waals surface area contributed by atoms with Crippen LogP contribution in [-0.2, 0) is 10.5 Å². The molecule has 0 saturated carbocycles. The van der Waals surface area contributed by atoms with Crippen LogP contribution in [0, 0.1) is 0 Å². The van der Waals surface area contributed by atoms with Crippen molar-refractivity contribution in [3.63, 3.8) is 0 Å². The molecule has 1 aromatic carbocycles. The molecule has 1 saturated heterocycles. The van der Waals surface area contributed by atoms with Crippen LogP contribution in [0.3, 0.4) is 0 Å². The molecule has 34 heavy (non-hydrogen) atoms. The maximum absolute atomic E-state index is 14.6. The number of piperidine rings is 1. The Hall–Kier alpha value is -3.11. The second-order valence-electron chi connectivity index (χ2n) is 8.46. The van der Waals surface area contributed by atoms with E-state index in [1.165, 1.54) is 29.8 Å². The highest BCUT2D eigenvalue weighted by Crippen LogP contribution is 2.44. The smallest absolute Gasteiger partial charge is 0.443 e. The zero-order valence-electron chi connectivity index (χ0n) is 19.2. The highest BCUT2D eigenvalue weighted by molar-refractivity contribution is 5.94. The molecule has 0 bridgehead atoms. The largest absolute Gasteiger partial charge is 0.480 e. The van der Waals surface area contributed by atoms with E-state index in [0.29, 0.717) is 0 Å². The van der Waals surface area contributed by atoms with Crippen molar-refractivity contribution in [1.29, 1.82) is 0 Å². The number of benzene rings is 1. The molecule has 4 rings (SSSR count). The number of likely N-dealkylation sites (N-methyl/N-ethyl adjacent to an activating group) is 1. The molecule has 1 fully saturated rings. The predicted octanol–water partition coefficient (Wildman–Crippen LogP) is 3.94. The number of methoxy groups -OCH3 is 2. The molecule has 1 N–H and O–H groups in total. The van der Waals surface area contributed by atoms with Crippen LogP contribution in [0.2, 0.25) is 0 Å². The number of pyridine rings is 1. The van der Waals surface area contributed by atoms with E-state index in [1.807, 2.05) is 7.05 Å². The zero-order chi connectivity index (χ0) is 24.5. The van der Waals surface area contributed by atoms with Gasteiger partial charge in [-0.25, -0.2) is 0 Å². The Balaban J connectivity index is 1.83. The zero-order valence-corrected chi connectivity index (χ0v) is 19.2. The minimum atomic E-state index is -5.03. The van der Waals surface area contributed by atoms with Crippen LogP contribution in [0.25, 0.3) is 5.65 Å². The number of nitrogens with zero attached hydrogens (tertiary/aromatic N) is 3. The molecule has 0 spiro atoms. The number of imidazole rings is 1. The van der Waals surface area contributed by atoms with Crippen LogP contribution >= 0.6 is 0 Å². The summed E-state index contributed by atoms with van der Waals surface area (Å²) in [6.07, 6.45) is -1.47. The molecule has 1 aliphatic heterocycles. The van der Waals surface area contributed by atoms with Crippen molar-refractivity contribution in [2.24, 2.45) is 0 Å². The number of aromatic nitrogens is 2. The van der Waals surface area contributed by atoms with Gasteiger partial charge >= 0.3 is 6.18 Å². The molecule has 1 aliphatic rings. The van der Waals surface area contributed by atoms with Gasteiger partial charge in [0.15, 0.2) is 0 Å². The summed E-state index contributed by atoms with van der Waals surface area (Å²) < 4.78 is 55.4. The van der Waals surface area contributed by atoms with Gasteiger partial charge in [0, 0.05) is 25.4 Å². The van der Waals surface area contributed by atoms with Crippen LogP contribution in [0.1, 0.15) is 40.4 Å². The number of likely N-dealkylation sites (tertiary alicyclic amines) is 1. The van der Waals surface area contributed by atoms with E-state index in [1.54, 1.807) is 30.3 Å². The van der Waals surface area contributed by atoms with E-state index in [0.717, 1.165) is 38.6 Å². The number of amides is 1. The van der Waals surface area contributed by atoms with Gasteiger partial charge in [-0.1, -0.05) is 18.2 Å². The fourth-order valence-electron chi connectivity index (χ4n) is 4.54. The first kappa shape index (κ1) is 24.0. The van der Waals surface area contributed by atoms with E-state index >= 15 is 0 Å². The van der Waals surface area contributed by atoms with Crippen molar-refractivity contribution < 1.29 is 27.4 Å². The predicted molar refractivity (Wildman–Crippen MR) is 120 cm³/mol. The van der Waals surface area contributed by atoms with E-state index < -0.39 is 23.5 Å². The molecule has 7 nitrogen and oxygen atoms in total. The number of nitrogens with one attached hydrogen (secondary N) is 1. The lowest BCUT2D eigenvalue weighted by atomic mass is 9.91. The molecule has 0 radical (unpaired) electrons. The summed E-state index contributed by atoms with van der Waals surface area (Å²) in [4.78, 5) is 19.4. The van der Waals surface area contributed by atoms with Gasteiger partial charge in [-0.3, -0.25) is 9.20 Å². The van der Waals surface area contributed by atoms with Gasteiger partial charge in [-0.05, 0) is 62.2 Å². The van der Waals surface area contributed by atoms with Crippen molar-refractivity contribution in [3.8, 4) is 5.88 Å². The SMILES string of the molecule is COc1nc2cc(C3CCCN(C)C3)ccn2c1C(NC(=O)c1ccccc1)(OC)C(F)(F)F. The van der Waals surface area contributed by atoms with Crippen molar-refractivity contribution in [1.82, 2.24) is 19.6 Å². The fraction of sp³-hybridized carbons (Fsp3) is 0.417. The van der Waals surface area contributed by atoms with Gasteiger partial charge in [0.1, 0.15) is 11.3 Å². The number of ether oxygens (including phenoxy) is 2. The second-order valence-corrected chi connectivity index (χ2v) is 8.46. The molecule has 2 aromatic heterocycles. The van der Waals surface area contributed by atoms with E-state index in [9.17, 15) is 18.0 Å². The lowest BCUT2D eigenvalue weighted by Crippen LogP contribution is -2.58. The topological polar surface area (TPSA) is 68.1 Å². The van der Waals surface area contributed by atoms with Crippen LogP contribution < -0.4 is 10.1 Å². The Morgan fingerprint density at radius 2 is 1.91 bits per heavy atom. The summed E-state index contributed by atoms with van der Waals surface area (Å²) in [7, 11) is 4.18. The molecule has 2 unspecified atom stereocenters. The number of hydrogen-bond acceptors (Lipinski definition) is 5. The van der Waals surface area contributed by atoms with Gasteiger partial charge < -0.3 is 19.7 Å². The van der Waals surface area contributed by atoms with Crippen LogP contribution in [0.5, 0.6) is 5.88 Å². The Morgan fingerprint density at radius 1 is 1.18 bits per heavy atom. The van der Waals surface area contributed by atoms with Crippen molar-refractivity contribution in [2.75, 3.05) is 34.4 Å². The highest BCUT2D eigenvalue weighted by Gasteiger charge is 2.62. The summed E-state index contributed by atoms with van der Waals surface area (Å²) >= 11 is 0. The van der Waals surface area contributed by atoms with Crippen LogP contribution in [0.15, 0.2) is 48.7 Å². The van der Waals surface area contributed by atoms with Gasteiger partial charge in [-0.2, -0.15) is 18.2 Å². The molecular formula is C24H27F3N4O3. The maximum Gasteiger partial charge on any atom is 0.443 e. The van der Waals surface area contributed by atoms with E-state index in [4.69, 9.17) is 9.47 Å². The standard InChI is InChI=1S/C24H27F3N4O3/c1-30-12-7-10-18(15-30)17-11-13-31-19(14-17)28-22(33-2)20(31)23(34-3,24(25,26)27)29-21(32)16-8-5-4-6-9-16/h4-6,8-9,11,13-14,18H,7,10,12,15H2,1-3H3,(H,29,32). The molecule has 1 amide bonds. The van der Waals surface area contributed by atoms with E-state index in [-0.39, 0.29) is 23.0 Å². The lowest BCUT2D eigenvalue weighted by Gasteiger charge is -2.35. The quantitative estimate of drug-likeness (QED) is 0.546. The Kier molecular flexibility index (Phi) is 6.55. The van der Waals surface area contributed by atoms with Gasteiger partial charge in [-0.15, -0.1) is 0 Å². The van der Waals surface area contributed by atoms with Gasteiger partial charge in [0.05, 0.1) is 7.11 Å². The number of alkyl halides is 3. The Morgan fingerprint density at radius 3 is 2.53 bits per heavy atom. The molecule has 2 atom stereocenters. The molecule has 182 valence electrons. The minimum Gasteiger partial charge on any atom is -0.480 e. The third-order valence-electron chi connectivity index (χ3n) is 6.27. The number of carbonyl (C=O) groups excluding carboxylic acids is 1. The third-order valence-corrected chi connectivity index (χ3v) is 6.27. The molecule has 0 aliphatic carbocycles. The summed E-state index contributed by atoms with van der Waals surface area (Å²) in [5.74, 6) is -0.980. The molecule has 10 heteroatoms. The number of rotatable bonds is 6. The number of carbonyl (C=O) groups is 1. The molecular weight excluding hydrogens is 449 g/mol. The summed E-state index contributed by atoms with van der Waals surface area (Å²) in [6, 6.07) is 11.2.